The fourth-order valence-electron chi connectivity index (χ4n) is 10.7. The number of hydrogen-bond donors (Lipinski definition) is 3. The summed E-state index contributed by atoms with van der Waals surface area (Å²) in [5.41, 5.74) is -3.99. The molecule has 8 nitrogen and oxygen atoms in total. The number of methoxy groups -OCH3 is 4. The molecule has 0 radical (unpaired) electrons. The van der Waals surface area contributed by atoms with Crippen LogP contribution in [0.4, 0.5) is 0 Å². The van der Waals surface area contributed by atoms with E-state index in [0.717, 1.165) is 19.3 Å². The molecule has 6 rings (SSSR count). The van der Waals surface area contributed by atoms with Crippen LogP contribution in [-0.4, -0.2) is 109 Å². The lowest BCUT2D eigenvalue weighted by atomic mass is 9.43. The number of aliphatic hydroxyl groups is 3. The number of nitrogens with zero attached hydrogens (tertiary/aromatic N) is 1. The minimum absolute atomic E-state index is 0. The van der Waals surface area contributed by atoms with Gasteiger partial charge in [0.25, 0.3) is 0 Å². The molecule has 1 aliphatic heterocycles. The Balaban J connectivity index is 0.00000241. The second kappa shape index (κ2) is 7.93. The zero-order chi connectivity index (χ0) is 23.6. The van der Waals surface area contributed by atoms with Crippen LogP contribution in [0.15, 0.2) is 0 Å². The Morgan fingerprint density at radius 1 is 1.06 bits per heavy atom. The Bertz CT molecular complexity index is 874. The van der Waals surface area contributed by atoms with E-state index in [2.05, 4.69) is 17.7 Å². The van der Waals surface area contributed by atoms with Crippen LogP contribution < -0.4 is 17.0 Å². The van der Waals surface area contributed by atoms with E-state index in [4.69, 9.17) is 18.9 Å². The maximum absolute atomic E-state index is 13.0. The minimum Gasteiger partial charge on any atom is -1.00 e. The SMILES string of the molecule is CC[N+]1=C[C@]2(CO)CC[C@H](OC)[C@@]34[C@@H]5C[C@H]6[C@H](OC)[C@@H]5[C@](O)(C[C@@H]6OC)[C@](O)([C@@H](OC)[C@H]23)[C@@H]14.[Br-]. The van der Waals surface area contributed by atoms with Crippen LogP contribution in [0.1, 0.15) is 32.6 Å². The average Bonchev–Trinajstić information content (AvgIpc) is 3.24. The van der Waals surface area contributed by atoms with Gasteiger partial charge in [-0.2, -0.15) is 0 Å². The quantitative estimate of drug-likeness (QED) is 0.307. The molecular weight excluding hydrogens is 506 g/mol. The van der Waals surface area contributed by atoms with Crippen molar-refractivity contribution in [3.05, 3.63) is 0 Å². The lowest BCUT2D eigenvalue weighted by Crippen LogP contribution is -3.00. The third kappa shape index (κ3) is 2.34. The van der Waals surface area contributed by atoms with Crippen molar-refractivity contribution in [3.8, 4) is 0 Å². The molecule has 1 spiro atoms. The summed E-state index contributed by atoms with van der Waals surface area (Å²) < 4.78 is 26.7. The van der Waals surface area contributed by atoms with E-state index >= 15 is 0 Å². The molecule has 6 aliphatic rings. The summed E-state index contributed by atoms with van der Waals surface area (Å²) >= 11 is 0. The van der Waals surface area contributed by atoms with E-state index in [1.54, 1.807) is 28.4 Å². The third-order valence-electron chi connectivity index (χ3n) is 11.4. The van der Waals surface area contributed by atoms with Gasteiger partial charge in [0.05, 0.1) is 35.7 Å². The van der Waals surface area contributed by atoms with Gasteiger partial charge in [-0.15, -0.1) is 0 Å². The van der Waals surface area contributed by atoms with Gasteiger partial charge >= 0.3 is 0 Å². The molecule has 0 saturated heterocycles. The number of rotatable bonds is 6. The highest BCUT2D eigenvalue weighted by Gasteiger charge is 2.94. The van der Waals surface area contributed by atoms with E-state index in [0.29, 0.717) is 13.0 Å². The van der Waals surface area contributed by atoms with Crippen molar-refractivity contribution in [2.24, 2.45) is 34.5 Å². The highest BCUT2D eigenvalue weighted by Crippen LogP contribution is 2.79. The number of fused-ring (bicyclic) bond motifs is 2. The molecule has 0 aromatic heterocycles. The van der Waals surface area contributed by atoms with Gasteiger partial charge in [-0.25, -0.2) is 4.58 Å². The Hall–Kier alpha value is -0.130. The number of halogens is 1. The molecule has 0 unspecified atom stereocenters. The first-order chi connectivity index (χ1) is 15.8. The summed E-state index contributed by atoms with van der Waals surface area (Å²) in [6, 6.07) is -0.368. The van der Waals surface area contributed by atoms with E-state index < -0.39 is 28.1 Å². The standard InChI is InChI=1S/C25H40NO7.BrH/c1-6-26-11-22(12-27)8-7-16(31-3)24-14-9-13-15(30-2)10-23(28,17(14)18(13)32-4)25(29,21(24)26)20(33-5)19(22)24;/h11,13-21,27-29H,6-10,12H2,1-5H3;1H/q+1;/p-1/t13-,14-,15+,16+,17-,18+,19-,20+,21+,22+,23-,24+,25+;/m1./s1. The predicted octanol–water partition coefficient (Wildman–Crippen LogP) is -2.94. The molecule has 3 N–H and O–H groups in total. The smallest absolute Gasteiger partial charge is 0.195 e. The van der Waals surface area contributed by atoms with Crippen molar-refractivity contribution in [1.29, 1.82) is 0 Å². The van der Waals surface area contributed by atoms with Crippen LogP contribution in [0.5, 0.6) is 0 Å². The molecule has 0 amide bonds. The van der Waals surface area contributed by atoms with Crippen LogP contribution >= 0.6 is 0 Å². The van der Waals surface area contributed by atoms with Crippen molar-refractivity contribution >= 4 is 6.21 Å². The van der Waals surface area contributed by atoms with E-state index in [9.17, 15) is 15.3 Å². The molecule has 194 valence electrons. The van der Waals surface area contributed by atoms with Gasteiger partial charge in [0.1, 0.15) is 24.5 Å². The topological polar surface area (TPSA) is 101 Å². The van der Waals surface area contributed by atoms with Crippen molar-refractivity contribution in [2.75, 3.05) is 41.6 Å². The van der Waals surface area contributed by atoms with Gasteiger partial charge < -0.3 is 51.2 Å². The van der Waals surface area contributed by atoms with Crippen molar-refractivity contribution in [1.82, 2.24) is 0 Å². The molecule has 13 atom stereocenters. The number of aliphatic hydroxyl groups excluding tert-OH is 1. The van der Waals surface area contributed by atoms with E-state index in [-0.39, 0.29) is 71.6 Å². The first kappa shape index (κ1) is 25.5. The van der Waals surface area contributed by atoms with Gasteiger partial charge in [0.2, 0.25) is 0 Å². The highest BCUT2D eigenvalue weighted by atomic mass is 79.9. The minimum atomic E-state index is -1.55. The Morgan fingerprint density at radius 2 is 1.79 bits per heavy atom. The predicted molar refractivity (Wildman–Crippen MR) is 118 cm³/mol. The largest absolute Gasteiger partial charge is 1.00 e. The van der Waals surface area contributed by atoms with Crippen molar-refractivity contribution in [2.45, 2.75) is 74.3 Å². The normalized spacial score (nSPS) is 58.4. The van der Waals surface area contributed by atoms with Gasteiger partial charge in [-0.1, -0.05) is 0 Å². The molecule has 7 bridgehead atoms. The maximum atomic E-state index is 13.0. The Morgan fingerprint density at radius 3 is 2.35 bits per heavy atom. The molecule has 5 aliphatic carbocycles. The first-order valence-corrected chi connectivity index (χ1v) is 12.6. The lowest BCUT2D eigenvalue weighted by Gasteiger charge is -2.64. The Labute approximate surface area is 212 Å². The molecule has 5 fully saturated rings. The van der Waals surface area contributed by atoms with Gasteiger partial charge in [0, 0.05) is 52.6 Å². The number of ether oxygens (including phenoxy) is 4. The highest BCUT2D eigenvalue weighted by molar-refractivity contribution is 5.66. The van der Waals surface area contributed by atoms with Gasteiger partial charge in [0.15, 0.2) is 11.6 Å². The van der Waals surface area contributed by atoms with Crippen LogP contribution in [0.25, 0.3) is 0 Å². The maximum Gasteiger partial charge on any atom is 0.195 e. The zero-order valence-electron chi connectivity index (χ0n) is 20.8. The summed E-state index contributed by atoms with van der Waals surface area (Å²) in [4.78, 5) is 0. The number of hydrogen-bond acceptors (Lipinski definition) is 7. The molecule has 34 heavy (non-hydrogen) atoms. The van der Waals surface area contributed by atoms with Gasteiger partial charge in [-0.05, 0) is 32.1 Å². The molecule has 9 heteroatoms. The summed E-state index contributed by atoms with van der Waals surface area (Å²) in [6.45, 7) is 2.75. The Kier molecular flexibility index (Phi) is 5.95. The van der Waals surface area contributed by atoms with Crippen LogP contribution in [0.3, 0.4) is 0 Å². The summed E-state index contributed by atoms with van der Waals surface area (Å²) in [5, 5.41) is 36.5. The van der Waals surface area contributed by atoms with Crippen molar-refractivity contribution < 1.29 is 55.8 Å². The monoisotopic (exact) mass is 545 g/mol. The fourth-order valence-corrected chi connectivity index (χ4v) is 10.7. The molecule has 0 aromatic carbocycles. The van der Waals surface area contributed by atoms with Gasteiger partial charge in [-0.3, -0.25) is 0 Å². The summed E-state index contributed by atoms with van der Waals surface area (Å²) in [6.07, 6.45) is 3.79. The summed E-state index contributed by atoms with van der Waals surface area (Å²) in [5.74, 6) is -0.191. The molecule has 0 aromatic rings. The van der Waals surface area contributed by atoms with E-state index in [1.807, 2.05) is 0 Å². The van der Waals surface area contributed by atoms with Crippen LogP contribution in [-0.2, 0) is 18.9 Å². The lowest BCUT2D eigenvalue weighted by molar-refractivity contribution is -0.622. The fraction of sp³-hybridized carbons (Fsp3) is 0.960. The van der Waals surface area contributed by atoms with E-state index in [1.165, 1.54) is 0 Å². The van der Waals surface area contributed by atoms with Crippen molar-refractivity contribution in [3.63, 3.8) is 0 Å². The molecule has 1 heterocycles. The average molecular weight is 546 g/mol. The van der Waals surface area contributed by atoms with Crippen LogP contribution in [0, 0.1) is 34.5 Å². The zero-order valence-corrected chi connectivity index (χ0v) is 22.4. The first-order valence-electron chi connectivity index (χ1n) is 12.6. The third-order valence-corrected chi connectivity index (χ3v) is 11.4. The molecular formula is C25H40BrNO7. The molecule has 5 saturated carbocycles. The second-order valence-corrected chi connectivity index (χ2v) is 11.6. The summed E-state index contributed by atoms with van der Waals surface area (Å²) in [7, 11) is 6.82. The second-order valence-electron chi connectivity index (χ2n) is 11.6. The van der Waals surface area contributed by atoms with Crippen LogP contribution in [0.2, 0.25) is 0 Å². The number of likely N-dealkylation sites (N-methyl/N-ethyl adjacent to an activating group) is 1.